The van der Waals surface area contributed by atoms with Crippen molar-refractivity contribution in [3.8, 4) is 0 Å². The molecule has 0 atom stereocenters. The van der Waals surface area contributed by atoms with Crippen LogP contribution < -0.4 is 5.32 Å². The van der Waals surface area contributed by atoms with Crippen LogP contribution >= 0.6 is 15.9 Å². The molecule has 0 radical (unpaired) electrons. The molecule has 0 bridgehead atoms. The Hall–Kier alpha value is -0.0500. The fourth-order valence-corrected chi connectivity index (χ4v) is 2.17. The molecule has 0 saturated heterocycles. The van der Waals surface area contributed by atoms with Crippen LogP contribution in [0.3, 0.4) is 0 Å². The van der Waals surface area contributed by atoms with Crippen LogP contribution in [0.1, 0.15) is 71.1 Å². The highest BCUT2D eigenvalue weighted by atomic mass is 79.9. The highest BCUT2D eigenvalue weighted by molar-refractivity contribution is 9.09. The summed E-state index contributed by atoms with van der Waals surface area (Å²) >= 11 is 3.40. The predicted molar refractivity (Wildman–Crippen MR) is 78.6 cm³/mol. The van der Waals surface area contributed by atoms with Crippen LogP contribution in [0.15, 0.2) is 0 Å². The van der Waals surface area contributed by atoms with Crippen molar-refractivity contribution in [2.24, 2.45) is 0 Å². The Balaban J connectivity index is 3.12. The number of rotatable bonds is 12. The molecule has 0 aliphatic heterocycles. The van der Waals surface area contributed by atoms with Crippen LogP contribution in [-0.4, -0.2) is 17.8 Å². The highest BCUT2D eigenvalue weighted by Gasteiger charge is 1.99. The summed E-state index contributed by atoms with van der Waals surface area (Å²) in [5.41, 5.74) is 0. The summed E-state index contributed by atoms with van der Waals surface area (Å²) in [6, 6.07) is 0. The van der Waals surface area contributed by atoms with Gasteiger partial charge in [-0.2, -0.15) is 0 Å². The number of hydrogen-bond acceptors (Lipinski definition) is 1. The minimum atomic E-state index is 0.235. The molecule has 0 aromatic rings. The van der Waals surface area contributed by atoms with Gasteiger partial charge in [0, 0.05) is 18.3 Å². The van der Waals surface area contributed by atoms with E-state index >= 15 is 0 Å². The lowest BCUT2D eigenvalue weighted by molar-refractivity contribution is -0.121. The third-order valence-electron chi connectivity index (χ3n) is 2.89. The number of hydrogen-bond donors (Lipinski definition) is 1. The topological polar surface area (TPSA) is 29.1 Å². The fraction of sp³-hybridized carbons (Fsp3) is 0.929. The smallest absolute Gasteiger partial charge is 0.219 e. The van der Waals surface area contributed by atoms with Crippen LogP contribution in [0.25, 0.3) is 0 Å². The molecule has 1 amide bonds. The van der Waals surface area contributed by atoms with Gasteiger partial charge < -0.3 is 5.32 Å². The zero-order chi connectivity index (χ0) is 12.8. The molecule has 0 rings (SSSR count). The SMILES string of the molecule is CCCCCCCCC(=O)NCCCCCBr. The highest BCUT2D eigenvalue weighted by Crippen LogP contribution is 2.06. The molecule has 0 aromatic carbocycles. The molecule has 2 nitrogen and oxygen atoms in total. The Bertz CT molecular complexity index is 174. The van der Waals surface area contributed by atoms with Crippen molar-refractivity contribution in [3.63, 3.8) is 0 Å². The van der Waals surface area contributed by atoms with Crippen molar-refractivity contribution in [2.45, 2.75) is 71.1 Å². The molecular weight excluding hydrogens is 278 g/mol. The lowest BCUT2D eigenvalue weighted by Gasteiger charge is -2.04. The third-order valence-corrected chi connectivity index (χ3v) is 3.45. The van der Waals surface area contributed by atoms with Gasteiger partial charge in [0.25, 0.3) is 0 Å². The van der Waals surface area contributed by atoms with E-state index in [2.05, 4.69) is 28.2 Å². The van der Waals surface area contributed by atoms with E-state index in [4.69, 9.17) is 0 Å². The van der Waals surface area contributed by atoms with Gasteiger partial charge in [0.05, 0.1) is 0 Å². The molecule has 0 unspecified atom stereocenters. The first-order valence-electron chi connectivity index (χ1n) is 7.14. The fourth-order valence-electron chi connectivity index (χ4n) is 1.78. The summed E-state index contributed by atoms with van der Waals surface area (Å²) in [5, 5.41) is 4.06. The Morgan fingerprint density at radius 1 is 0.941 bits per heavy atom. The summed E-state index contributed by atoms with van der Waals surface area (Å²) in [6.07, 6.45) is 11.7. The Morgan fingerprint density at radius 3 is 2.29 bits per heavy atom. The monoisotopic (exact) mass is 305 g/mol. The maximum Gasteiger partial charge on any atom is 0.219 e. The first-order valence-corrected chi connectivity index (χ1v) is 8.26. The summed E-state index contributed by atoms with van der Waals surface area (Å²) in [5.74, 6) is 0.235. The van der Waals surface area contributed by atoms with Gasteiger partial charge in [0.15, 0.2) is 0 Å². The molecule has 102 valence electrons. The van der Waals surface area contributed by atoms with Gasteiger partial charge in [0.2, 0.25) is 5.91 Å². The molecule has 0 aliphatic carbocycles. The molecule has 1 N–H and O–H groups in total. The largest absolute Gasteiger partial charge is 0.356 e. The Kier molecular flexibility index (Phi) is 14.0. The van der Waals surface area contributed by atoms with Crippen molar-refractivity contribution in [1.82, 2.24) is 5.32 Å². The van der Waals surface area contributed by atoms with Crippen LogP contribution in [0.2, 0.25) is 0 Å². The van der Waals surface area contributed by atoms with Gasteiger partial charge in [-0.25, -0.2) is 0 Å². The van der Waals surface area contributed by atoms with Crippen molar-refractivity contribution in [3.05, 3.63) is 0 Å². The van der Waals surface area contributed by atoms with Crippen LogP contribution in [0, 0.1) is 0 Å². The van der Waals surface area contributed by atoms with Crippen molar-refractivity contribution in [2.75, 3.05) is 11.9 Å². The number of nitrogens with one attached hydrogen (secondary N) is 1. The standard InChI is InChI=1S/C14H28BrNO/c1-2-3-4-5-6-8-11-14(17)16-13-10-7-9-12-15/h2-13H2,1H3,(H,16,17). The molecule has 3 heteroatoms. The predicted octanol–water partition coefficient (Wildman–Crippen LogP) is 4.42. The number of alkyl halides is 1. The zero-order valence-corrected chi connectivity index (χ0v) is 12.9. The Labute approximate surface area is 115 Å². The second kappa shape index (κ2) is 14.0. The van der Waals surface area contributed by atoms with Crippen LogP contribution in [0.5, 0.6) is 0 Å². The summed E-state index contributed by atoms with van der Waals surface area (Å²) in [7, 11) is 0. The van der Waals surface area contributed by atoms with Crippen molar-refractivity contribution >= 4 is 21.8 Å². The van der Waals surface area contributed by atoms with Gasteiger partial charge >= 0.3 is 0 Å². The molecule has 0 fully saturated rings. The lowest BCUT2D eigenvalue weighted by Crippen LogP contribution is -2.23. The van der Waals surface area contributed by atoms with Crippen LogP contribution in [0.4, 0.5) is 0 Å². The number of carbonyl (C=O) groups excluding carboxylic acids is 1. The Morgan fingerprint density at radius 2 is 1.59 bits per heavy atom. The molecule has 0 saturated carbocycles. The number of unbranched alkanes of at least 4 members (excludes halogenated alkanes) is 7. The second-order valence-electron chi connectivity index (χ2n) is 4.62. The van der Waals surface area contributed by atoms with E-state index in [1.165, 1.54) is 44.9 Å². The number of carbonyl (C=O) groups is 1. The summed E-state index contributed by atoms with van der Waals surface area (Å²) in [6.45, 7) is 3.07. The second-order valence-corrected chi connectivity index (χ2v) is 5.41. The molecule has 0 heterocycles. The van der Waals surface area contributed by atoms with E-state index in [0.717, 1.165) is 24.7 Å². The maximum atomic E-state index is 11.4. The number of halogens is 1. The molecular formula is C14H28BrNO. The summed E-state index contributed by atoms with van der Waals surface area (Å²) < 4.78 is 0. The summed E-state index contributed by atoms with van der Waals surface area (Å²) in [4.78, 5) is 11.4. The van der Waals surface area contributed by atoms with Gasteiger partial charge in [-0.3, -0.25) is 4.79 Å². The van der Waals surface area contributed by atoms with Gasteiger partial charge in [-0.15, -0.1) is 0 Å². The zero-order valence-electron chi connectivity index (χ0n) is 11.3. The van der Waals surface area contributed by atoms with E-state index in [-0.39, 0.29) is 5.91 Å². The quantitative estimate of drug-likeness (QED) is 0.420. The lowest BCUT2D eigenvalue weighted by atomic mass is 10.1. The minimum Gasteiger partial charge on any atom is -0.356 e. The molecule has 0 aromatic heterocycles. The normalized spacial score (nSPS) is 10.5. The van der Waals surface area contributed by atoms with Gasteiger partial charge in [0.1, 0.15) is 0 Å². The third kappa shape index (κ3) is 13.9. The van der Waals surface area contributed by atoms with Crippen molar-refractivity contribution < 1.29 is 4.79 Å². The van der Waals surface area contributed by atoms with Crippen LogP contribution in [-0.2, 0) is 4.79 Å². The van der Waals surface area contributed by atoms with E-state index in [1.807, 2.05) is 0 Å². The molecule has 17 heavy (non-hydrogen) atoms. The number of amides is 1. The van der Waals surface area contributed by atoms with Crippen molar-refractivity contribution in [1.29, 1.82) is 0 Å². The first-order chi connectivity index (χ1) is 8.31. The van der Waals surface area contributed by atoms with E-state index in [9.17, 15) is 4.79 Å². The van der Waals surface area contributed by atoms with E-state index in [1.54, 1.807) is 0 Å². The van der Waals surface area contributed by atoms with Gasteiger partial charge in [-0.05, 0) is 19.3 Å². The molecule has 0 aliphatic rings. The molecule has 0 spiro atoms. The minimum absolute atomic E-state index is 0.235. The van der Waals surface area contributed by atoms with E-state index < -0.39 is 0 Å². The maximum absolute atomic E-state index is 11.4. The average Bonchev–Trinajstić information content (AvgIpc) is 2.33. The van der Waals surface area contributed by atoms with Gasteiger partial charge in [-0.1, -0.05) is 61.4 Å². The first kappa shape index (κ1) is 16.9. The average molecular weight is 306 g/mol. The van der Waals surface area contributed by atoms with E-state index in [0.29, 0.717) is 6.42 Å².